The maximum Gasteiger partial charge on any atom is 0.243 e. The van der Waals surface area contributed by atoms with Crippen molar-refractivity contribution in [1.29, 1.82) is 0 Å². The fourth-order valence-corrected chi connectivity index (χ4v) is 5.27. The number of aryl methyl sites for hydroxylation is 2. The number of amides is 1. The van der Waals surface area contributed by atoms with Crippen molar-refractivity contribution in [3.63, 3.8) is 0 Å². The lowest BCUT2D eigenvalue weighted by molar-refractivity contribution is -0.117. The number of imidazole rings is 2. The van der Waals surface area contributed by atoms with Crippen molar-refractivity contribution in [1.82, 2.24) is 23.5 Å². The lowest BCUT2D eigenvalue weighted by Gasteiger charge is -2.18. The molecule has 10 heteroatoms. The SMILES string of the molecule is CCN(CC)S(=O)(=O)c1ccc2c(c1)nc(CCC(=O)Nn1cnc3ccccc31)n2C. The summed E-state index contributed by atoms with van der Waals surface area (Å²) in [4.78, 5) is 21.6. The van der Waals surface area contributed by atoms with Crippen molar-refractivity contribution in [3.8, 4) is 0 Å². The van der Waals surface area contributed by atoms with E-state index in [1.807, 2.05) is 49.7 Å². The third-order valence-corrected chi connectivity index (χ3v) is 7.61. The standard InChI is InChI=1S/C22H26N6O3S/c1-4-27(5-2)32(30,31)16-10-11-19-18(14-16)24-21(26(19)3)12-13-22(29)25-28-15-23-17-8-6-7-9-20(17)28/h6-11,14-15H,4-5,12-13H2,1-3H3,(H,25,29). The molecule has 2 heterocycles. The van der Waals surface area contributed by atoms with E-state index in [9.17, 15) is 13.2 Å². The Morgan fingerprint density at radius 2 is 1.81 bits per heavy atom. The van der Waals surface area contributed by atoms with Crippen LogP contribution in [0.5, 0.6) is 0 Å². The van der Waals surface area contributed by atoms with Gasteiger partial charge in [0.1, 0.15) is 12.2 Å². The quantitative estimate of drug-likeness (QED) is 0.441. The molecule has 0 aliphatic rings. The van der Waals surface area contributed by atoms with E-state index >= 15 is 0 Å². The number of hydrogen-bond donors (Lipinski definition) is 1. The molecule has 0 fully saturated rings. The largest absolute Gasteiger partial charge is 0.331 e. The van der Waals surface area contributed by atoms with Gasteiger partial charge in [0, 0.05) is 33.0 Å². The maximum atomic E-state index is 12.8. The van der Waals surface area contributed by atoms with E-state index in [-0.39, 0.29) is 17.2 Å². The zero-order chi connectivity index (χ0) is 22.9. The van der Waals surface area contributed by atoms with Crippen molar-refractivity contribution in [2.24, 2.45) is 7.05 Å². The van der Waals surface area contributed by atoms with Crippen LogP contribution in [0.25, 0.3) is 22.1 Å². The second-order valence-corrected chi connectivity index (χ2v) is 9.40. The van der Waals surface area contributed by atoms with Crippen LogP contribution in [-0.2, 0) is 28.3 Å². The summed E-state index contributed by atoms with van der Waals surface area (Å²) in [6.07, 6.45) is 2.23. The minimum Gasteiger partial charge on any atom is -0.331 e. The molecule has 0 aliphatic heterocycles. The molecule has 1 amide bonds. The highest BCUT2D eigenvalue weighted by atomic mass is 32.2. The van der Waals surface area contributed by atoms with E-state index in [1.54, 1.807) is 29.2 Å². The summed E-state index contributed by atoms with van der Waals surface area (Å²) >= 11 is 0. The highest BCUT2D eigenvalue weighted by molar-refractivity contribution is 7.89. The summed E-state index contributed by atoms with van der Waals surface area (Å²) in [5, 5.41) is 0. The van der Waals surface area contributed by atoms with E-state index in [4.69, 9.17) is 0 Å². The first kappa shape index (κ1) is 22.0. The molecule has 2 aromatic heterocycles. The van der Waals surface area contributed by atoms with E-state index in [0.717, 1.165) is 16.6 Å². The smallest absolute Gasteiger partial charge is 0.243 e. The van der Waals surface area contributed by atoms with Crippen LogP contribution in [0.15, 0.2) is 53.7 Å². The molecule has 9 nitrogen and oxygen atoms in total. The molecule has 0 aliphatic carbocycles. The van der Waals surface area contributed by atoms with Crippen LogP contribution in [0.1, 0.15) is 26.1 Å². The monoisotopic (exact) mass is 454 g/mol. The topological polar surface area (TPSA) is 102 Å². The Hall–Kier alpha value is -3.24. The van der Waals surface area contributed by atoms with Crippen molar-refractivity contribution in [3.05, 3.63) is 54.6 Å². The first-order valence-electron chi connectivity index (χ1n) is 10.5. The lowest BCUT2D eigenvalue weighted by atomic mass is 10.3. The molecule has 0 saturated heterocycles. The van der Waals surface area contributed by atoms with E-state index in [2.05, 4.69) is 15.4 Å². The van der Waals surface area contributed by atoms with Crippen LogP contribution >= 0.6 is 0 Å². The molecule has 0 saturated carbocycles. The second-order valence-electron chi connectivity index (χ2n) is 7.47. The molecular formula is C22H26N6O3S. The van der Waals surface area contributed by atoms with Crippen LogP contribution in [0.2, 0.25) is 0 Å². The summed E-state index contributed by atoms with van der Waals surface area (Å²) in [5.41, 5.74) is 5.88. The Labute approximate surface area is 186 Å². The normalized spacial score (nSPS) is 12.1. The molecule has 0 radical (unpaired) electrons. The first-order valence-corrected chi connectivity index (χ1v) is 12.0. The van der Waals surface area contributed by atoms with Gasteiger partial charge in [0.15, 0.2) is 0 Å². The summed E-state index contributed by atoms with van der Waals surface area (Å²) in [5.74, 6) is 0.549. The summed E-state index contributed by atoms with van der Waals surface area (Å²) in [6, 6.07) is 12.5. The predicted molar refractivity (Wildman–Crippen MR) is 123 cm³/mol. The van der Waals surface area contributed by atoms with Gasteiger partial charge in [0.2, 0.25) is 15.9 Å². The molecule has 32 heavy (non-hydrogen) atoms. The zero-order valence-electron chi connectivity index (χ0n) is 18.3. The number of fused-ring (bicyclic) bond motifs is 2. The highest BCUT2D eigenvalue weighted by Gasteiger charge is 2.22. The number of aromatic nitrogens is 4. The summed E-state index contributed by atoms with van der Waals surface area (Å²) < 4.78 is 30.6. The van der Waals surface area contributed by atoms with Gasteiger partial charge in [0.05, 0.1) is 27.0 Å². The van der Waals surface area contributed by atoms with E-state index in [0.29, 0.717) is 30.9 Å². The number of sulfonamides is 1. The molecular weight excluding hydrogens is 428 g/mol. The number of carbonyl (C=O) groups excluding carboxylic acids is 1. The number of rotatable bonds is 8. The van der Waals surface area contributed by atoms with Gasteiger partial charge in [-0.25, -0.2) is 23.1 Å². The van der Waals surface area contributed by atoms with Crippen LogP contribution in [-0.4, -0.2) is 50.9 Å². The summed E-state index contributed by atoms with van der Waals surface area (Å²) in [7, 11) is -1.69. The van der Waals surface area contributed by atoms with Gasteiger partial charge in [-0.3, -0.25) is 10.2 Å². The Morgan fingerprint density at radius 1 is 1.06 bits per heavy atom. The Kier molecular flexibility index (Phi) is 5.98. The third-order valence-electron chi connectivity index (χ3n) is 5.56. The first-order chi connectivity index (χ1) is 15.3. The van der Waals surface area contributed by atoms with Gasteiger partial charge in [-0.2, -0.15) is 4.31 Å². The van der Waals surface area contributed by atoms with Crippen LogP contribution < -0.4 is 5.43 Å². The van der Waals surface area contributed by atoms with Gasteiger partial charge in [-0.15, -0.1) is 0 Å². The van der Waals surface area contributed by atoms with Gasteiger partial charge in [-0.1, -0.05) is 26.0 Å². The number of nitrogens with zero attached hydrogens (tertiary/aromatic N) is 5. The minimum absolute atomic E-state index is 0.162. The van der Waals surface area contributed by atoms with Crippen molar-refractivity contribution in [2.45, 2.75) is 31.6 Å². The van der Waals surface area contributed by atoms with Gasteiger partial charge in [-0.05, 0) is 30.3 Å². The van der Waals surface area contributed by atoms with Crippen molar-refractivity contribution in [2.75, 3.05) is 18.5 Å². The Bertz CT molecular complexity index is 1390. The molecule has 4 rings (SSSR count). The summed E-state index contributed by atoms with van der Waals surface area (Å²) in [6.45, 7) is 4.45. The average molecular weight is 455 g/mol. The van der Waals surface area contributed by atoms with Gasteiger partial charge >= 0.3 is 0 Å². The van der Waals surface area contributed by atoms with Crippen molar-refractivity contribution < 1.29 is 13.2 Å². The molecule has 0 unspecified atom stereocenters. The lowest BCUT2D eigenvalue weighted by Crippen LogP contribution is -2.30. The molecule has 0 bridgehead atoms. The number of nitrogens with one attached hydrogen (secondary N) is 1. The third kappa shape index (κ3) is 3.98. The highest BCUT2D eigenvalue weighted by Crippen LogP contribution is 2.23. The van der Waals surface area contributed by atoms with E-state index in [1.165, 1.54) is 4.31 Å². The Balaban J connectivity index is 1.51. The predicted octanol–water partition coefficient (Wildman–Crippen LogP) is 2.66. The number of carbonyl (C=O) groups is 1. The minimum atomic E-state index is -3.56. The number of benzene rings is 2. The van der Waals surface area contributed by atoms with Crippen molar-refractivity contribution >= 4 is 38.0 Å². The van der Waals surface area contributed by atoms with Gasteiger partial charge < -0.3 is 4.57 Å². The molecule has 0 spiro atoms. The van der Waals surface area contributed by atoms with Crippen LogP contribution in [0.3, 0.4) is 0 Å². The molecule has 168 valence electrons. The average Bonchev–Trinajstić information content (AvgIpc) is 3.33. The molecule has 1 N–H and O–H groups in total. The fraction of sp³-hybridized carbons (Fsp3) is 0.318. The van der Waals surface area contributed by atoms with Gasteiger partial charge in [0.25, 0.3) is 0 Å². The van der Waals surface area contributed by atoms with Crippen LogP contribution in [0, 0.1) is 0 Å². The fourth-order valence-electron chi connectivity index (χ4n) is 3.79. The molecule has 0 atom stereocenters. The number of hydrogen-bond acceptors (Lipinski definition) is 5. The van der Waals surface area contributed by atoms with Crippen LogP contribution in [0.4, 0.5) is 0 Å². The zero-order valence-corrected chi connectivity index (χ0v) is 19.1. The van der Waals surface area contributed by atoms with E-state index < -0.39 is 10.0 Å². The molecule has 4 aromatic rings. The molecule has 2 aromatic carbocycles. The number of para-hydroxylation sites is 2. The second kappa shape index (κ2) is 8.71. The maximum absolute atomic E-state index is 12.8. The Morgan fingerprint density at radius 3 is 2.56 bits per heavy atom.